The maximum atomic E-state index is 12.0. The summed E-state index contributed by atoms with van der Waals surface area (Å²) in [6, 6.07) is 17.0. The van der Waals surface area contributed by atoms with Crippen molar-refractivity contribution >= 4 is 22.9 Å². The number of aromatic nitrogens is 2. The van der Waals surface area contributed by atoms with Gasteiger partial charge in [-0.3, -0.25) is 9.59 Å². The number of nitrogens with one attached hydrogen (secondary N) is 1. The summed E-state index contributed by atoms with van der Waals surface area (Å²) in [4.78, 5) is 31.0. The van der Waals surface area contributed by atoms with Crippen molar-refractivity contribution in [1.29, 1.82) is 0 Å². The molecule has 0 radical (unpaired) electrons. The van der Waals surface area contributed by atoms with E-state index in [0.29, 0.717) is 29.6 Å². The molecule has 0 saturated heterocycles. The first kappa shape index (κ1) is 17.6. The van der Waals surface area contributed by atoms with Crippen molar-refractivity contribution in [2.75, 3.05) is 6.61 Å². The second kappa shape index (κ2) is 8.76. The smallest absolute Gasteiger partial charge is 0.306 e. The van der Waals surface area contributed by atoms with Crippen LogP contribution in [0.5, 0.6) is 0 Å². The standard InChI is InChI=1S/C21H20N2O3/c24-20(26-15-7-10-16-8-2-1-3-9-16)14-6-13-19-22-18-12-5-4-11-17(18)21(25)23-19/h1-5,7-12H,6,13-15H2,(H,22,23,25)/b10-7+. The van der Waals surface area contributed by atoms with Crippen molar-refractivity contribution in [3.63, 3.8) is 0 Å². The van der Waals surface area contributed by atoms with E-state index in [2.05, 4.69) is 9.97 Å². The Morgan fingerprint density at radius 1 is 1.08 bits per heavy atom. The van der Waals surface area contributed by atoms with Gasteiger partial charge < -0.3 is 9.72 Å². The summed E-state index contributed by atoms with van der Waals surface area (Å²) in [6.07, 6.45) is 5.11. The summed E-state index contributed by atoms with van der Waals surface area (Å²) in [6.45, 7) is 0.249. The molecule has 26 heavy (non-hydrogen) atoms. The monoisotopic (exact) mass is 348 g/mol. The van der Waals surface area contributed by atoms with E-state index in [0.717, 1.165) is 5.56 Å². The lowest BCUT2D eigenvalue weighted by molar-refractivity contribution is -0.142. The van der Waals surface area contributed by atoms with Crippen LogP contribution >= 0.6 is 0 Å². The molecule has 3 aromatic rings. The molecule has 0 aliphatic rings. The zero-order chi connectivity index (χ0) is 18.2. The zero-order valence-corrected chi connectivity index (χ0v) is 14.4. The number of hydrogen-bond acceptors (Lipinski definition) is 4. The van der Waals surface area contributed by atoms with Gasteiger partial charge in [-0.05, 0) is 30.2 Å². The average molecular weight is 348 g/mol. The first-order chi connectivity index (χ1) is 12.7. The molecule has 0 aliphatic heterocycles. The quantitative estimate of drug-likeness (QED) is 0.663. The Morgan fingerprint density at radius 3 is 2.69 bits per heavy atom. The molecule has 1 aromatic heterocycles. The van der Waals surface area contributed by atoms with E-state index >= 15 is 0 Å². The van der Waals surface area contributed by atoms with Crippen LogP contribution in [0.15, 0.2) is 65.5 Å². The minimum absolute atomic E-state index is 0.153. The maximum Gasteiger partial charge on any atom is 0.306 e. The molecule has 0 fully saturated rings. The van der Waals surface area contributed by atoms with Crippen molar-refractivity contribution in [3.05, 3.63) is 82.4 Å². The number of carbonyl (C=O) groups is 1. The van der Waals surface area contributed by atoms with E-state index in [4.69, 9.17) is 4.74 Å². The van der Waals surface area contributed by atoms with Crippen molar-refractivity contribution in [1.82, 2.24) is 9.97 Å². The number of H-pyrrole nitrogens is 1. The molecular weight excluding hydrogens is 328 g/mol. The Morgan fingerprint density at radius 2 is 1.85 bits per heavy atom. The van der Waals surface area contributed by atoms with Crippen LogP contribution in [-0.4, -0.2) is 22.5 Å². The fraction of sp³-hybridized carbons (Fsp3) is 0.190. The molecule has 0 aliphatic carbocycles. The highest BCUT2D eigenvalue weighted by Crippen LogP contribution is 2.07. The van der Waals surface area contributed by atoms with Crippen LogP contribution in [0.25, 0.3) is 17.0 Å². The molecule has 3 rings (SSSR count). The Kier molecular flexibility index (Phi) is 5.93. The first-order valence-electron chi connectivity index (χ1n) is 8.57. The number of esters is 1. The van der Waals surface area contributed by atoms with Gasteiger partial charge in [0.05, 0.1) is 10.9 Å². The summed E-state index contributed by atoms with van der Waals surface area (Å²) < 4.78 is 5.18. The largest absolute Gasteiger partial charge is 0.461 e. The molecule has 132 valence electrons. The van der Waals surface area contributed by atoms with Gasteiger partial charge in [0.15, 0.2) is 0 Å². The van der Waals surface area contributed by atoms with Crippen molar-refractivity contribution in [3.8, 4) is 0 Å². The van der Waals surface area contributed by atoms with Crippen LogP contribution in [0.2, 0.25) is 0 Å². The van der Waals surface area contributed by atoms with E-state index in [9.17, 15) is 9.59 Å². The Balaban J connectivity index is 1.44. The number of benzene rings is 2. The highest BCUT2D eigenvalue weighted by atomic mass is 16.5. The molecule has 0 spiro atoms. The third-order valence-corrected chi connectivity index (χ3v) is 3.91. The summed E-state index contributed by atoms with van der Waals surface area (Å²) in [5, 5.41) is 0.570. The predicted octanol–water partition coefficient (Wildman–Crippen LogP) is 3.50. The van der Waals surface area contributed by atoms with Gasteiger partial charge in [-0.2, -0.15) is 0 Å². The van der Waals surface area contributed by atoms with Crippen LogP contribution < -0.4 is 5.56 Å². The average Bonchev–Trinajstić information content (AvgIpc) is 2.66. The van der Waals surface area contributed by atoms with Gasteiger partial charge >= 0.3 is 5.97 Å². The van der Waals surface area contributed by atoms with Crippen molar-refractivity contribution < 1.29 is 9.53 Å². The number of aromatic amines is 1. The second-order valence-corrected chi connectivity index (χ2v) is 5.88. The third kappa shape index (κ3) is 4.89. The van der Waals surface area contributed by atoms with Gasteiger partial charge in [0.25, 0.3) is 5.56 Å². The van der Waals surface area contributed by atoms with E-state index < -0.39 is 0 Å². The topological polar surface area (TPSA) is 72.0 Å². The predicted molar refractivity (Wildman–Crippen MR) is 102 cm³/mol. The van der Waals surface area contributed by atoms with Crippen LogP contribution in [0.4, 0.5) is 0 Å². The minimum atomic E-state index is -0.258. The second-order valence-electron chi connectivity index (χ2n) is 5.88. The van der Waals surface area contributed by atoms with E-state index in [1.165, 1.54) is 0 Å². The van der Waals surface area contributed by atoms with Crippen molar-refractivity contribution in [2.24, 2.45) is 0 Å². The first-order valence-corrected chi connectivity index (χ1v) is 8.57. The van der Waals surface area contributed by atoms with E-state index in [1.54, 1.807) is 18.2 Å². The summed E-state index contributed by atoms with van der Waals surface area (Å²) in [7, 11) is 0. The van der Waals surface area contributed by atoms with Gasteiger partial charge in [0.2, 0.25) is 0 Å². The molecule has 0 atom stereocenters. The summed E-state index contributed by atoms with van der Waals surface area (Å²) in [5.41, 5.74) is 1.58. The molecule has 0 bridgehead atoms. The van der Waals surface area contributed by atoms with Crippen LogP contribution in [0.1, 0.15) is 24.2 Å². The lowest BCUT2D eigenvalue weighted by Gasteiger charge is -2.04. The fourth-order valence-corrected chi connectivity index (χ4v) is 2.62. The molecule has 2 aromatic carbocycles. The molecule has 1 heterocycles. The molecule has 5 nitrogen and oxygen atoms in total. The van der Waals surface area contributed by atoms with Gasteiger partial charge in [0, 0.05) is 12.8 Å². The number of rotatable bonds is 7. The van der Waals surface area contributed by atoms with Gasteiger partial charge in [-0.25, -0.2) is 4.98 Å². The molecule has 0 unspecified atom stereocenters. The Hall–Kier alpha value is -3.21. The van der Waals surface area contributed by atoms with Gasteiger partial charge in [0.1, 0.15) is 12.4 Å². The third-order valence-electron chi connectivity index (χ3n) is 3.91. The number of nitrogens with zero attached hydrogens (tertiary/aromatic N) is 1. The number of hydrogen-bond donors (Lipinski definition) is 1. The van der Waals surface area contributed by atoms with Crippen LogP contribution in [0.3, 0.4) is 0 Å². The lowest BCUT2D eigenvalue weighted by atomic mass is 10.2. The number of aryl methyl sites for hydroxylation is 1. The lowest BCUT2D eigenvalue weighted by Crippen LogP contribution is -2.12. The normalized spacial score (nSPS) is 11.1. The number of para-hydroxylation sites is 1. The molecule has 1 N–H and O–H groups in total. The molecule has 0 saturated carbocycles. The molecule has 0 amide bonds. The minimum Gasteiger partial charge on any atom is -0.461 e. The van der Waals surface area contributed by atoms with Gasteiger partial charge in [-0.15, -0.1) is 0 Å². The molecule has 5 heteroatoms. The number of ether oxygens (including phenoxy) is 1. The van der Waals surface area contributed by atoms with E-state index in [1.807, 2.05) is 48.6 Å². The number of carbonyl (C=O) groups excluding carboxylic acids is 1. The van der Waals surface area contributed by atoms with Crippen LogP contribution in [-0.2, 0) is 16.0 Å². The maximum absolute atomic E-state index is 12.0. The zero-order valence-electron chi connectivity index (χ0n) is 14.4. The summed E-state index contributed by atoms with van der Waals surface area (Å²) in [5.74, 6) is 0.330. The fourth-order valence-electron chi connectivity index (χ4n) is 2.62. The highest BCUT2D eigenvalue weighted by molar-refractivity contribution is 5.77. The molecular formula is C21H20N2O3. The van der Waals surface area contributed by atoms with E-state index in [-0.39, 0.29) is 24.6 Å². The Bertz CT molecular complexity index is 962. The SMILES string of the molecule is O=C(CCCc1nc2ccccc2c(=O)[nH]1)OC/C=C/c1ccccc1. The summed E-state index contributed by atoms with van der Waals surface area (Å²) >= 11 is 0. The number of fused-ring (bicyclic) bond motifs is 1. The highest BCUT2D eigenvalue weighted by Gasteiger charge is 2.06. The van der Waals surface area contributed by atoms with Gasteiger partial charge in [-0.1, -0.05) is 48.5 Å². The van der Waals surface area contributed by atoms with Crippen molar-refractivity contribution in [2.45, 2.75) is 19.3 Å². The Labute approximate surface area is 151 Å². The van der Waals surface area contributed by atoms with Crippen LogP contribution in [0, 0.1) is 0 Å².